The summed E-state index contributed by atoms with van der Waals surface area (Å²) in [6.45, 7) is 3.73. The SMILES string of the molecule is CCc1ccc(C(c2ccc(-c3ccccc3)cc2)N2CCCC(C(=O)O)C2)s1. The van der Waals surface area contributed by atoms with Crippen LogP contribution in [0.5, 0.6) is 0 Å². The summed E-state index contributed by atoms with van der Waals surface area (Å²) >= 11 is 1.85. The van der Waals surface area contributed by atoms with Crippen LogP contribution >= 0.6 is 11.3 Å². The van der Waals surface area contributed by atoms with Gasteiger partial charge in [0.05, 0.1) is 12.0 Å². The minimum Gasteiger partial charge on any atom is -0.481 e. The first-order chi connectivity index (χ1) is 14.2. The summed E-state index contributed by atoms with van der Waals surface area (Å²) in [5, 5.41) is 9.56. The van der Waals surface area contributed by atoms with Gasteiger partial charge in [-0.05, 0) is 54.6 Å². The molecule has 1 saturated heterocycles. The average Bonchev–Trinajstić information content (AvgIpc) is 3.24. The van der Waals surface area contributed by atoms with E-state index in [2.05, 4.69) is 72.5 Å². The zero-order chi connectivity index (χ0) is 20.2. The lowest BCUT2D eigenvalue weighted by molar-refractivity contribution is -0.143. The number of nitrogens with zero attached hydrogens (tertiary/aromatic N) is 1. The number of hydrogen-bond acceptors (Lipinski definition) is 3. The van der Waals surface area contributed by atoms with Crippen molar-refractivity contribution in [3.05, 3.63) is 82.0 Å². The van der Waals surface area contributed by atoms with Gasteiger partial charge in [0.15, 0.2) is 0 Å². The molecular weight excluding hydrogens is 378 g/mol. The second kappa shape index (κ2) is 8.93. The van der Waals surface area contributed by atoms with E-state index in [4.69, 9.17) is 0 Å². The number of piperidine rings is 1. The Morgan fingerprint density at radius 3 is 2.45 bits per heavy atom. The van der Waals surface area contributed by atoms with Gasteiger partial charge in [-0.3, -0.25) is 9.69 Å². The summed E-state index contributed by atoms with van der Waals surface area (Å²) in [5.74, 6) is -0.950. The van der Waals surface area contributed by atoms with Crippen LogP contribution < -0.4 is 0 Å². The molecule has 0 saturated carbocycles. The third kappa shape index (κ3) is 4.44. The number of carbonyl (C=O) groups is 1. The Bertz CT molecular complexity index is 948. The normalized spacial score (nSPS) is 18.4. The maximum Gasteiger partial charge on any atom is 0.307 e. The molecule has 2 unspecified atom stereocenters. The molecular formula is C25H27NO2S. The van der Waals surface area contributed by atoms with Gasteiger partial charge in [0.25, 0.3) is 0 Å². The summed E-state index contributed by atoms with van der Waals surface area (Å²) in [5.41, 5.74) is 3.65. The van der Waals surface area contributed by atoms with Crippen LogP contribution in [0.15, 0.2) is 66.7 Å². The van der Waals surface area contributed by atoms with Crippen LogP contribution in [0.2, 0.25) is 0 Å². The molecule has 4 heteroatoms. The summed E-state index contributed by atoms with van der Waals surface area (Å²) in [6.07, 6.45) is 2.74. The summed E-state index contributed by atoms with van der Waals surface area (Å²) in [4.78, 5) is 16.7. The molecule has 0 amide bonds. The molecule has 0 spiro atoms. The third-order valence-electron chi connectivity index (χ3n) is 5.80. The first-order valence-corrected chi connectivity index (χ1v) is 11.2. The summed E-state index contributed by atoms with van der Waals surface area (Å²) in [7, 11) is 0. The van der Waals surface area contributed by atoms with E-state index in [-0.39, 0.29) is 12.0 Å². The minimum absolute atomic E-state index is 0.118. The summed E-state index contributed by atoms with van der Waals surface area (Å²) < 4.78 is 0. The maximum atomic E-state index is 11.6. The van der Waals surface area contributed by atoms with Crippen molar-refractivity contribution in [2.45, 2.75) is 32.2 Å². The van der Waals surface area contributed by atoms with E-state index in [0.717, 1.165) is 25.8 Å². The van der Waals surface area contributed by atoms with E-state index in [1.807, 2.05) is 17.4 Å². The first-order valence-electron chi connectivity index (χ1n) is 10.4. The lowest BCUT2D eigenvalue weighted by Crippen LogP contribution is -2.41. The number of carboxylic acids is 1. The number of rotatable bonds is 6. The average molecular weight is 406 g/mol. The topological polar surface area (TPSA) is 40.5 Å². The van der Waals surface area contributed by atoms with Crippen LogP contribution in [0, 0.1) is 5.92 Å². The lowest BCUT2D eigenvalue weighted by atomic mass is 9.93. The van der Waals surface area contributed by atoms with Crippen molar-refractivity contribution in [1.82, 2.24) is 4.90 Å². The molecule has 29 heavy (non-hydrogen) atoms. The highest BCUT2D eigenvalue weighted by Crippen LogP contribution is 2.37. The van der Waals surface area contributed by atoms with Crippen molar-refractivity contribution in [2.75, 3.05) is 13.1 Å². The van der Waals surface area contributed by atoms with Gasteiger partial charge in [-0.15, -0.1) is 11.3 Å². The molecule has 2 atom stereocenters. The number of aryl methyl sites for hydroxylation is 1. The number of likely N-dealkylation sites (tertiary alicyclic amines) is 1. The zero-order valence-electron chi connectivity index (χ0n) is 16.8. The van der Waals surface area contributed by atoms with Gasteiger partial charge in [0, 0.05) is 16.3 Å². The first kappa shape index (κ1) is 19.9. The molecule has 0 radical (unpaired) electrons. The fourth-order valence-electron chi connectivity index (χ4n) is 4.22. The second-order valence-corrected chi connectivity index (χ2v) is 8.92. The molecule has 3 nitrogen and oxygen atoms in total. The number of carboxylic acid groups (broad SMARTS) is 1. The minimum atomic E-state index is -0.673. The van der Waals surface area contributed by atoms with Crippen molar-refractivity contribution in [3.63, 3.8) is 0 Å². The lowest BCUT2D eigenvalue weighted by Gasteiger charge is -2.37. The fraction of sp³-hybridized carbons (Fsp3) is 0.320. The van der Waals surface area contributed by atoms with Crippen molar-refractivity contribution in [1.29, 1.82) is 0 Å². The summed E-state index contributed by atoms with van der Waals surface area (Å²) in [6, 6.07) is 23.8. The highest BCUT2D eigenvalue weighted by atomic mass is 32.1. The van der Waals surface area contributed by atoms with Gasteiger partial charge in [-0.1, -0.05) is 61.5 Å². The number of benzene rings is 2. The molecule has 150 valence electrons. The van der Waals surface area contributed by atoms with E-state index >= 15 is 0 Å². The van der Waals surface area contributed by atoms with Crippen LogP contribution in [0.4, 0.5) is 0 Å². The van der Waals surface area contributed by atoms with Crippen molar-refractivity contribution >= 4 is 17.3 Å². The van der Waals surface area contributed by atoms with Gasteiger partial charge in [-0.25, -0.2) is 0 Å². The smallest absolute Gasteiger partial charge is 0.307 e. The Morgan fingerprint density at radius 2 is 1.79 bits per heavy atom. The van der Waals surface area contributed by atoms with Gasteiger partial charge < -0.3 is 5.11 Å². The van der Waals surface area contributed by atoms with Gasteiger partial charge in [0.2, 0.25) is 0 Å². The van der Waals surface area contributed by atoms with Crippen LogP contribution in [-0.2, 0) is 11.2 Å². The molecule has 1 aliphatic heterocycles. The molecule has 4 rings (SSSR count). The molecule has 2 heterocycles. The molecule has 0 aliphatic carbocycles. The van der Waals surface area contributed by atoms with Crippen LogP contribution in [0.25, 0.3) is 11.1 Å². The van der Waals surface area contributed by atoms with E-state index < -0.39 is 5.97 Å². The van der Waals surface area contributed by atoms with Gasteiger partial charge in [0.1, 0.15) is 0 Å². The number of hydrogen-bond donors (Lipinski definition) is 1. The van der Waals surface area contributed by atoms with E-state index in [9.17, 15) is 9.90 Å². The molecule has 1 aliphatic rings. The Hall–Kier alpha value is -2.43. The molecule has 1 fully saturated rings. The zero-order valence-corrected chi connectivity index (χ0v) is 17.6. The van der Waals surface area contributed by atoms with Crippen LogP contribution in [0.3, 0.4) is 0 Å². The van der Waals surface area contributed by atoms with Gasteiger partial charge >= 0.3 is 5.97 Å². The van der Waals surface area contributed by atoms with Crippen molar-refractivity contribution in [2.24, 2.45) is 5.92 Å². The Labute approximate surface area is 176 Å². The number of thiophene rings is 1. The monoisotopic (exact) mass is 405 g/mol. The molecule has 3 aromatic rings. The predicted octanol–water partition coefficient (Wildman–Crippen LogP) is 5.86. The Kier molecular flexibility index (Phi) is 6.12. The Balaban J connectivity index is 1.67. The maximum absolute atomic E-state index is 11.6. The number of aliphatic carboxylic acids is 1. The predicted molar refractivity (Wildman–Crippen MR) is 119 cm³/mol. The van der Waals surface area contributed by atoms with E-state index in [0.29, 0.717) is 6.54 Å². The molecule has 0 bridgehead atoms. The fourth-order valence-corrected chi connectivity index (χ4v) is 5.33. The van der Waals surface area contributed by atoms with Crippen molar-refractivity contribution in [3.8, 4) is 11.1 Å². The van der Waals surface area contributed by atoms with Crippen LogP contribution in [0.1, 0.15) is 41.1 Å². The van der Waals surface area contributed by atoms with Crippen LogP contribution in [-0.4, -0.2) is 29.1 Å². The van der Waals surface area contributed by atoms with Gasteiger partial charge in [-0.2, -0.15) is 0 Å². The third-order valence-corrected chi connectivity index (χ3v) is 7.08. The standard InChI is InChI=1S/C25H27NO2S/c1-2-22-14-15-23(29-22)24(26-16-6-9-21(17-26)25(27)28)20-12-10-19(11-13-20)18-7-4-3-5-8-18/h3-5,7-8,10-15,21,24H,2,6,9,16-17H2,1H3,(H,27,28). The second-order valence-electron chi connectivity index (χ2n) is 7.72. The largest absolute Gasteiger partial charge is 0.481 e. The molecule has 2 aromatic carbocycles. The Morgan fingerprint density at radius 1 is 1.07 bits per heavy atom. The highest BCUT2D eigenvalue weighted by Gasteiger charge is 2.32. The van der Waals surface area contributed by atoms with Crippen molar-refractivity contribution < 1.29 is 9.90 Å². The highest BCUT2D eigenvalue weighted by molar-refractivity contribution is 7.12. The molecule has 1 aromatic heterocycles. The quantitative estimate of drug-likeness (QED) is 0.558. The molecule has 1 N–H and O–H groups in total. The van der Waals surface area contributed by atoms with E-state index in [1.54, 1.807) is 0 Å². The van der Waals surface area contributed by atoms with E-state index in [1.165, 1.54) is 26.4 Å².